The first-order chi connectivity index (χ1) is 14.8. The van der Waals surface area contributed by atoms with Crippen LogP contribution >= 0.6 is 11.8 Å². The van der Waals surface area contributed by atoms with E-state index in [0.29, 0.717) is 5.57 Å². The van der Waals surface area contributed by atoms with E-state index in [1.807, 2.05) is 54.6 Å². The lowest BCUT2D eigenvalue weighted by atomic mass is 10.0. The summed E-state index contributed by atoms with van der Waals surface area (Å²) in [7, 11) is 0. The molecule has 30 heavy (non-hydrogen) atoms. The molecule has 0 aliphatic carbocycles. The summed E-state index contributed by atoms with van der Waals surface area (Å²) in [5.74, 6) is 0. The van der Waals surface area contributed by atoms with Gasteiger partial charge < -0.3 is 4.90 Å². The molecule has 0 atom stereocenters. The second kappa shape index (κ2) is 8.74. The molecule has 0 radical (unpaired) electrons. The van der Waals surface area contributed by atoms with E-state index in [2.05, 4.69) is 54.3 Å². The molecule has 0 saturated carbocycles. The number of nitriles is 2. The van der Waals surface area contributed by atoms with Crippen LogP contribution in [0.4, 0.5) is 5.69 Å². The van der Waals surface area contributed by atoms with E-state index in [9.17, 15) is 10.5 Å². The van der Waals surface area contributed by atoms with Crippen LogP contribution in [0, 0.1) is 22.7 Å². The number of fused-ring (bicyclic) bond motifs is 3. The molecule has 1 heterocycles. The smallest absolute Gasteiger partial charge is 0.137 e. The summed E-state index contributed by atoms with van der Waals surface area (Å²) in [5.41, 5.74) is 2.84. The molecule has 3 nitrogen and oxygen atoms in total. The third kappa shape index (κ3) is 3.62. The monoisotopic (exact) mass is 405 g/mol. The van der Waals surface area contributed by atoms with Crippen LogP contribution in [0.1, 0.15) is 12.5 Å². The highest BCUT2D eigenvalue weighted by Crippen LogP contribution is 2.49. The minimum Gasteiger partial charge on any atom is -0.335 e. The van der Waals surface area contributed by atoms with Gasteiger partial charge in [0.1, 0.15) is 17.7 Å². The van der Waals surface area contributed by atoms with Crippen molar-refractivity contribution in [3.05, 3.63) is 101 Å². The average Bonchev–Trinajstić information content (AvgIpc) is 3.17. The van der Waals surface area contributed by atoms with Crippen molar-refractivity contribution in [2.45, 2.75) is 11.8 Å². The number of thioether (sulfide) groups is 1. The average molecular weight is 406 g/mol. The van der Waals surface area contributed by atoms with Crippen LogP contribution in [-0.2, 0) is 0 Å². The van der Waals surface area contributed by atoms with Gasteiger partial charge in [-0.1, -0.05) is 84.6 Å². The van der Waals surface area contributed by atoms with Gasteiger partial charge in [0.2, 0.25) is 0 Å². The maximum Gasteiger partial charge on any atom is 0.137 e. The van der Waals surface area contributed by atoms with Gasteiger partial charge in [0.05, 0.1) is 10.7 Å². The van der Waals surface area contributed by atoms with Crippen molar-refractivity contribution in [1.29, 1.82) is 10.5 Å². The Hall–Kier alpha value is -3.73. The Morgan fingerprint density at radius 1 is 0.967 bits per heavy atom. The predicted molar refractivity (Wildman–Crippen MR) is 125 cm³/mol. The summed E-state index contributed by atoms with van der Waals surface area (Å²) in [6.07, 6.45) is 5.83. The zero-order chi connectivity index (χ0) is 20.9. The van der Waals surface area contributed by atoms with Crippen LogP contribution in [-0.4, -0.2) is 6.54 Å². The normalized spacial score (nSPS) is 14.0. The molecule has 0 fully saturated rings. The summed E-state index contributed by atoms with van der Waals surface area (Å²) in [4.78, 5) is 3.55. The van der Waals surface area contributed by atoms with Crippen LogP contribution in [0.3, 0.4) is 0 Å². The molecule has 0 bridgehead atoms. The van der Waals surface area contributed by atoms with E-state index >= 15 is 0 Å². The van der Waals surface area contributed by atoms with Gasteiger partial charge in [0, 0.05) is 22.4 Å². The van der Waals surface area contributed by atoms with Gasteiger partial charge in [-0.25, -0.2) is 0 Å². The van der Waals surface area contributed by atoms with E-state index in [1.165, 1.54) is 21.4 Å². The molecule has 0 aromatic heterocycles. The Bertz CT molecular complexity index is 1260. The minimum atomic E-state index is 0.108. The van der Waals surface area contributed by atoms with Gasteiger partial charge in [0.15, 0.2) is 0 Å². The van der Waals surface area contributed by atoms with Crippen LogP contribution in [0.25, 0.3) is 16.3 Å². The second-order valence-electron chi connectivity index (χ2n) is 6.72. The lowest BCUT2D eigenvalue weighted by molar-refractivity contribution is 1.01. The molecule has 0 spiro atoms. The summed E-state index contributed by atoms with van der Waals surface area (Å²) in [5, 5.41) is 22.4. The number of nitrogens with zero attached hydrogens (tertiary/aromatic N) is 3. The summed E-state index contributed by atoms with van der Waals surface area (Å²) < 4.78 is 0. The van der Waals surface area contributed by atoms with Crippen molar-refractivity contribution < 1.29 is 0 Å². The summed E-state index contributed by atoms with van der Waals surface area (Å²) in [6.45, 7) is 3.00. The number of allylic oxidation sites excluding steroid dienone is 5. The molecule has 4 rings (SSSR count). The van der Waals surface area contributed by atoms with E-state index in [4.69, 9.17) is 0 Å². The van der Waals surface area contributed by atoms with Gasteiger partial charge in [-0.15, -0.1) is 0 Å². The zero-order valence-electron chi connectivity index (χ0n) is 16.5. The van der Waals surface area contributed by atoms with Gasteiger partial charge in [-0.3, -0.25) is 0 Å². The minimum absolute atomic E-state index is 0.108. The summed E-state index contributed by atoms with van der Waals surface area (Å²) in [6, 6.07) is 26.3. The van der Waals surface area contributed by atoms with E-state index in [0.717, 1.165) is 17.1 Å². The van der Waals surface area contributed by atoms with Crippen molar-refractivity contribution in [3.63, 3.8) is 0 Å². The molecule has 0 unspecified atom stereocenters. The largest absolute Gasteiger partial charge is 0.335 e. The first-order valence-electron chi connectivity index (χ1n) is 9.72. The molecular formula is C26H19N3S. The standard InChI is InChI=1S/C26H19N3S/c1-2-29-25(30-24-16-15-20-11-6-7-12-23(20)26(24)29)14-8-13-22(21(17-27)18-28)19-9-4-3-5-10-19/h3-16H,2H2,1H3/b13-8+,25-14-. The van der Waals surface area contributed by atoms with Crippen LogP contribution in [0.15, 0.2) is 100 Å². The highest BCUT2D eigenvalue weighted by molar-refractivity contribution is 8.03. The third-order valence-corrected chi connectivity index (χ3v) is 6.12. The van der Waals surface area contributed by atoms with Gasteiger partial charge in [0.25, 0.3) is 0 Å². The highest BCUT2D eigenvalue weighted by atomic mass is 32.2. The fraction of sp³-hybridized carbons (Fsp3) is 0.0769. The van der Waals surface area contributed by atoms with Gasteiger partial charge in [-0.2, -0.15) is 10.5 Å². The predicted octanol–water partition coefficient (Wildman–Crippen LogP) is 6.67. The Balaban J connectivity index is 1.72. The molecular weight excluding hydrogens is 386 g/mol. The summed E-state index contributed by atoms with van der Waals surface area (Å²) >= 11 is 1.74. The van der Waals surface area contributed by atoms with Crippen molar-refractivity contribution in [1.82, 2.24) is 0 Å². The molecule has 0 saturated heterocycles. The molecule has 1 aliphatic heterocycles. The van der Waals surface area contributed by atoms with Crippen molar-refractivity contribution in [3.8, 4) is 12.1 Å². The maximum absolute atomic E-state index is 9.38. The number of rotatable bonds is 4. The number of hydrogen-bond acceptors (Lipinski definition) is 4. The van der Waals surface area contributed by atoms with Crippen LogP contribution in [0.5, 0.6) is 0 Å². The number of anilines is 1. The molecule has 144 valence electrons. The van der Waals surface area contributed by atoms with E-state index in [1.54, 1.807) is 11.8 Å². The Labute approximate surface area is 180 Å². The Kier molecular flexibility index (Phi) is 5.70. The lowest BCUT2D eigenvalue weighted by Gasteiger charge is -2.19. The second-order valence-corrected chi connectivity index (χ2v) is 7.78. The van der Waals surface area contributed by atoms with Gasteiger partial charge in [-0.05, 0) is 30.0 Å². The third-order valence-electron chi connectivity index (χ3n) is 5.01. The van der Waals surface area contributed by atoms with Gasteiger partial charge >= 0.3 is 0 Å². The molecule has 1 aliphatic rings. The first-order valence-corrected chi connectivity index (χ1v) is 10.5. The maximum atomic E-state index is 9.38. The van der Waals surface area contributed by atoms with Crippen molar-refractivity contribution in [2.75, 3.05) is 11.4 Å². The number of hydrogen-bond donors (Lipinski definition) is 0. The quantitative estimate of drug-likeness (QED) is 0.359. The highest BCUT2D eigenvalue weighted by Gasteiger charge is 2.25. The van der Waals surface area contributed by atoms with E-state index < -0.39 is 0 Å². The van der Waals surface area contributed by atoms with E-state index in [-0.39, 0.29) is 5.57 Å². The van der Waals surface area contributed by atoms with Crippen LogP contribution < -0.4 is 4.90 Å². The number of benzene rings is 3. The molecule has 0 N–H and O–H groups in total. The SMILES string of the molecule is CCN1/C(=C/C=C/C(=C(C#N)C#N)c2ccccc2)Sc2ccc3ccccc3c21. The Morgan fingerprint density at radius 2 is 1.70 bits per heavy atom. The van der Waals surface area contributed by atoms with Crippen molar-refractivity contribution >= 4 is 33.8 Å². The zero-order valence-corrected chi connectivity index (χ0v) is 17.4. The fourth-order valence-corrected chi connectivity index (χ4v) is 4.78. The molecule has 0 amide bonds. The topological polar surface area (TPSA) is 50.8 Å². The molecule has 4 heteroatoms. The fourth-order valence-electron chi connectivity index (χ4n) is 3.63. The lowest BCUT2D eigenvalue weighted by Crippen LogP contribution is -2.16. The molecule has 3 aromatic carbocycles. The van der Waals surface area contributed by atoms with Crippen LogP contribution in [0.2, 0.25) is 0 Å². The first kappa shape index (κ1) is 19.6. The van der Waals surface area contributed by atoms with Crippen molar-refractivity contribution in [2.24, 2.45) is 0 Å². The Morgan fingerprint density at radius 3 is 2.43 bits per heavy atom. The molecule has 3 aromatic rings.